The molecule has 0 unspecified atom stereocenters. The average molecular weight is 316 g/mol. The molecule has 1 fully saturated rings. The van der Waals surface area contributed by atoms with Crippen molar-refractivity contribution in [2.45, 2.75) is 24.2 Å². The first kappa shape index (κ1) is 13.7. The van der Waals surface area contributed by atoms with E-state index < -0.39 is 10.0 Å². The second-order valence-electron chi connectivity index (χ2n) is 5.79. The van der Waals surface area contributed by atoms with Crippen LogP contribution in [-0.4, -0.2) is 31.7 Å². The first-order chi connectivity index (χ1) is 10.6. The number of benzene rings is 2. The Hall–Kier alpha value is -1.92. The molecule has 2 aromatic carbocycles. The van der Waals surface area contributed by atoms with Gasteiger partial charge in [0.25, 0.3) is 5.91 Å². The van der Waals surface area contributed by atoms with E-state index >= 15 is 0 Å². The molecule has 0 radical (unpaired) electrons. The summed E-state index contributed by atoms with van der Waals surface area (Å²) in [6.07, 6.45) is 2.88. The maximum atomic E-state index is 12.8. The number of carbonyl (C=O) groups is 1. The molecule has 4 rings (SSSR count). The molecule has 0 bridgehead atoms. The highest BCUT2D eigenvalue weighted by Gasteiger charge is 2.29. The number of nitrogens with zero attached hydrogens (tertiary/aromatic N) is 1. The van der Waals surface area contributed by atoms with Gasteiger partial charge in [0.2, 0.25) is 10.0 Å². The highest BCUT2D eigenvalue weighted by Crippen LogP contribution is 2.36. The molecule has 0 spiro atoms. The number of carbonyl (C=O) groups excluding carboxylic acids is 1. The van der Waals surface area contributed by atoms with Crippen LogP contribution in [0.2, 0.25) is 0 Å². The minimum Gasteiger partial charge on any atom is -0.321 e. The van der Waals surface area contributed by atoms with Crippen LogP contribution in [0.5, 0.6) is 0 Å². The van der Waals surface area contributed by atoms with Gasteiger partial charge >= 0.3 is 0 Å². The minimum atomic E-state index is -3.50. The molecule has 6 heteroatoms. The van der Waals surface area contributed by atoms with Gasteiger partial charge in [-0.25, -0.2) is 8.42 Å². The summed E-state index contributed by atoms with van der Waals surface area (Å²) in [6, 6.07) is 8.64. The topological polar surface area (TPSA) is 66.5 Å². The Morgan fingerprint density at radius 1 is 1.05 bits per heavy atom. The Balaban J connectivity index is 1.87. The third kappa shape index (κ3) is 1.94. The molecule has 0 aliphatic carbocycles. The molecule has 22 heavy (non-hydrogen) atoms. The number of piperidine rings is 1. The van der Waals surface area contributed by atoms with Crippen molar-refractivity contribution in [3.8, 4) is 0 Å². The third-order valence-corrected chi connectivity index (χ3v) is 6.27. The van der Waals surface area contributed by atoms with Crippen LogP contribution < -0.4 is 5.32 Å². The molecule has 1 amide bonds. The lowest BCUT2D eigenvalue weighted by atomic mass is 10.1. The molecule has 1 N–H and O–H groups in total. The quantitative estimate of drug-likeness (QED) is 0.926. The van der Waals surface area contributed by atoms with Crippen LogP contribution in [0.25, 0.3) is 10.8 Å². The molecule has 2 aliphatic rings. The van der Waals surface area contributed by atoms with E-state index in [0.717, 1.165) is 30.0 Å². The van der Waals surface area contributed by atoms with Gasteiger partial charge in [0.1, 0.15) is 0 Å². The first-order valence-electron chi connectivity index (χ1n) is 7.46. The summed E-state index contributed by atoms with van der Waals surface area (Å²) >= 11 is 0. The highest BCUT2D eigenvalue weighted by molar-refractivity contribution is 7.89. The fraction of sp³-hybridized carbons (Fsp3) is 0.312. The number of nitrogens with one attached hydrogen (secondary N) is 1. The monoisotopic (exact) mass is 316 g/mol. The van der Waals surface area contributed by atoms with Crippen LogP contribution in [-0.2, 0) is 10.0 Å². The normalized spacial score (nSPS) is 18.6. The largest absolute Gasteiger partial charge is 0.321 e. The second kappa shape index (κ2) is 4.79. The van der Waals surface area contributed by atoms with Crippen LogP contribution in [0.1, 0.15) is 29.6 Å². The van der Waals surface area contributed by atoms with Gasteiger partial charge in [-0.15, -0.1) is 0 Å². The number of sulfonamides is 1. The van der Waals surface area contributed by atoms with E-state index in [1.54, 1.807) is 28.6 Å². The van der Waals surface area contributed by atoms with Crippen LogP contribution in [0, 0.1) is 0 Å². The van der Waals surface area contributed by atoms with Crippen molar-refractivity contribution in [3.63, 3.8) is 0 Å². The zero-order valence-corrected chi connectivity index (χ0v) is 12.8. The van der Waals surface area contributed by atoms with E-state index in [-0.39, 0.29) is 10.8 Å². The van der Waals surface area contributed by atoms with E-state index in [1.807, 2.05) is 6.07 Å². The Morgan fingerprint density at radius 3 is 2.59 bits per heavy atom. The van der Waals surface area contributed by atoms with E-state index in [0.29, 0.717) is 24.3 Å². The molecule has 0 aromatic heterocycles. The number of hydrogen-bond acceptors (Lipinski definition) is 3. The van der Waals surface area contributed by atoms with Gasteiger partial charge in [-0.05, 0) is 36.4 Å². The SMILES string of the molecule is O=C1Nc2cc(S(=O)(=O)N3CCCCC3)cc3cccc1c23. The number of amides is 1. The van der Waals surface area contributed by atoms with Crippen molar-refractivity contribution in [2.24, 2.45) is 0 Å². The maximum absolute atomic E-state index is 12.8. The van der Waals surface area contributed by atoms with Crippen LogP contribution in [0.4, 0.5) is 5.69 Å². The smallest absolute Gasteiger partial charge is 0.256 e. The summed E-state index contributed by atoms with van der Waals surface area (Å²) in [5.74, 6) is -0.173. The lowest BCUT2D eigenvalue weighted by Gasteiger charge is -2.26. The summed E-state index contributed by atoms with van der Waals surface area (Å²) < 4.78 is 27.2. The van der Waals surface area contributed by atoms with E-state index in [9.17, 15) is 13.2 Å². The molecule has 0 atom stereocenters. The second-order valence-corrected chi connectivity index (χ2v) is 7.73. The predicted octanol–water partition coefficient (Wildman–Crippen LogP) is 2.58. The van der Waals surface area contributed by atoms with Crippen molar-refractivity contribution >= 4 is 32.4 Å². The molecule has 1 saturated heterocycles. The average Bonchev–Trinajstić information content (AvgIpc) is 2.86. The van der Waals surface area contributed by atoms with Gasteiger partial charge in [-0.3, -0.25) is 4.79 Å². The van der Waals surface area contributed by atoms with Gasteiger partial charge in [0, 0.05) is 24.0 Å². The lowest BCUT2D eigenvalue weighted by molar-refractivity contribution is 0.103. The van der Waals surface area contributed by atoms with E-state index in [2.05, 4.69) is 5.32 Å². The number of hydrogen-bond donors (Lipinski definition) is 1. The van der Waals surface area contributed by atoms with Crippen molar-refractivity contribution in [1.82, 2.24) is 4.31 Å². The molecular formula is C16H16N2O3S. The standard InChI is InChI=1S/C16H16N2O3S/c19-16-13-6-4-5-11-9-12(10-14(17-16)15(11)13)22(20,21)18-7-2-1-3-8-18/h4-6,9-10H,1-3,7-8H2,(H,17,19). The Bertz CT molecular complexity index is 884. The molecular weight excluding hydrogens is 300 g/mol. The number of rotatable bonds is 2. The third-order valence-electron chi connectivity index (χ3n) is 4.40. The van der Waals surface area contributed by atoms with E-state index in [1.165, 1.54) is 0 Å². The van der Waals surface area contributed by atoms with Gasteiger partial charge < -0.3 is 5.32 Å². The Kier molecular flexibility index (Phi) is 2.99. The van der Waals surface area contributed by atoms with Gasteiger partial charge in [-0.1, -0.05) is 18.6 Å². The summed E-state index contributed by atoms with van der Waals surface area (Å²) in [6.45, 7) is 1.14. The van der Waals surface area contributed by atoms with Crippen molar-refractivity contribution in [2.75, 3.05) is 18.4 Å². The zero-order valence-electron chi connectivity index (χ0n) is 12.0. The van der Waals surface area contributed by atoms with Gasteiger partial charge in [0.05, 0.1) is 10.6 Å². The molecule has 0 saturated carbocycles. The van der Waals surface area contributed by atoms with E-state index in [4.69, 9.17) is 0 Å². The van der Waals surface area contributed by atoms with Crippen LogP contribution >= 0.6 is 0 Å². The highest BCUT2D eigenvalue weighted by atomic mass is 32.2. The number of anilines is 1. The summed E-state index contributed by atoms with van der Waals surface area (Å²) in [5.41, 5.74) is 1.20. The Morgan fingerprint density at radius 2 is 1.82 bits per heavy atom. The zero-order chi connectivity index (χ0) is 15.3. The van der Waals surface area contributed by atoms with Crippen molar-refractivity contribution in [1.29, 1.82) is 0 Å². The van der Waals surface area contributed by atoms with Crippen molar-refractivity contribution in [3.05, 3.63) is 35.9 Å². The molecule has 2 aromatic rings. The first-order valence-corrected chi connectivity index (χ1v) is 8.90. The van der Waals surface area contributed by atoms with Crippen LogP contribution in [0.3, 0.4) is 0 Å². The predicted molar refractivity (Wildman–Crippen MR) is 84.5 cm³/mol. The molecule has 2 aliphatic heterocycles. The summed E-state index contributed by atoms with van der Waals surface area (Å²) in [5, 5.41) is 4.36. The fourth-order valence-corrected chi connectivity index (χ4v) is 4.86. The van der Waals surface area contributed by atoms with Crippen LogP contribution in [0.15, 0.2) is 35.2 Å². The van der Waals surface area contributed by atoms with Gasteiger partial charge in [-0.2, -0.15) is 4.31 Å². The fourth-order valence-electron chi connectivity index (χ4n) is 3.28. The molecule has 2 heterocycles. The maximum Gasteiger partial charge on any atom is 0.256 e. The summed E-state index contributed by atoms with van der Waals surface area (Å²) in [4.78, 5) is 12.2. The minimum absolute atomic E-state index is 0.173. The molecule has 5 nitrogen and oxygen atoms in total. The van der Waals surface area contributed by atoms with Crippen molar-refractivity contribution < 1.29 is 13.2 Å². The summed E-state index contributed by atoms with van der Waals surface area (Å²) in [7, 11) is -3.50. The van der Waals surface area contributed by atoms with Gasteiger partial charge in [0.15, 0.2) is 0 Å². The molecule has 114 valence electrons. The Labute approximate surface area is 129 Å². The lowest BCUT2D eigenvalue weighted by Crippen LogP contribution is -2.35.